The van der Waals surface area contributed by atoms with Gasteiger partial charge in [0.25, 0.3) is 0 Å². The first kappa shape index (κ1) is 13.3. The maximum Gasteiger partial charge on any atom is 0.0130 e. The standard InChI is InChI=1S/C15H22IN/c1-3-17-15-9-6-13(11(15)2)10-12-4-7-14(16)8-5-12/h4-5,7-8,11,13,15,17H,3,6,9-10H2,1-2H3. The lowest BCUT2D eigenvalue weighted by Crippen LogP contribution is -2.32. The van der Waals surface area contributed by atoms with Crippen LogP contribution in [-0.4, -0.2) is 12.6 Å². The van der Waals surface area contributed by atoms with Crippen LogP contribution in [0.5, 0.6) is 0 Å². The van der Waals surface area contributed by atoms with Crippen molar-refractivity contribution in [2.75, 3.05) is 6.54 Å². The van der Waals surface area contributed by atoms with Gasteiger partial charge in [-0.05, 0) is 77.9 Å². The van der Waals surface area contributed by atoms with Gasteiger partial charge in [-0.15, -0.1) is 0 Å². The van der Waals surface area contributed by atoms with Crippen molar-refractivity contribution >= 4 is 22.6 Å². The van der Waals surface area contributed by atoms with Gasteiger partial charge in [-0.1, -0.05) is 26.0 Å². The lowest BCUT2D eigenvalue weighted by Gasteiger charge is -2.21. The van der Waals surface area contributed by atoms with E-state index in [0.29, 0.717) is 0 Å². The maximum absolute atomic E-state index is 3.62. The summed E-state index contributed by atoms with van der Waals surface area (Å²) >= 11 is 2.37. The Hall–Kier alpha value is -0.0900. The molecular formula is C15H22IN. The summed E-state index contributed by atoms with van der Waals surface area (Å²) < 4.78 is 1.33. The van der Waals surface area contributed by atoms with Crippen LogP contribution in [0.15, 0.2) is 24.3 Å². The molecule has 3 atom stereocenters. The smallest absolute Gasteiger partial charge is 0.0130 e. The van der Waals surface area contributed by atoms with Crippen LogP contribution in [0.4, 0.5) is 0 Å². The Bertz CT molecular complexity index is 346. The predicted octanol–water partition coefficient (Wildman–Crippen LogP) is 3.86. The first-order valence-electron chi connectivity index (χ1n) is 6.68. The van der Waals surface area contributed by atoms with Crippen LogP contribution >= 0.6 is 22.6 Å². The van der Waals surface area contributed by atoms with Crippen LogP contribution in [-0.2, 0) is 6.42 Å². The van der Waals surface area contributed by atoms with Gasteiger partial charge in [0.2, 0.25) is 0 Å². The summed E-state index contributed by atoms with van der Waals surface area (Å²) in [6, 6.07) is 9.76. The van der Waals surface area contributed by atoms with E-state index in [1.54, 1.807) is 0 Å². The molecule has 1 fully saturated rings. The predicted molar refractivity (Wildman–Crippen MR) is 82.2 cm³/mol. The molecule has 0 amide bonds. The molecule has 2 heteroatoms. The van der Waals surface area contributed by atoms with Crippen LogP contribution in [0.25, 0.3) is 0 Å². The van der Waals surface area contributed by atoms with Gasteiger partial charge in [0.15, 0.2) is 0 Å². The lowest BCUT2D eigenvalue weighted by atomic mass is 9.89. The summed E-state index contributed by atoms with van der Waals surface area (Å²) in [7, 11) is 0. The molecule has 1 aliphatic carbocycles. The molecule has 17 heavy (non-hydrogen) atoms. The highest BCUT2D eigenvalue weighted by atomic mass is 127. The topological polar surface area (TPSA) is 12.0 Å². The molecule has 0 radical (unpaired) electrons. The van der Waals surface area contributed by atoms with Gasteiger partial charge in [0, 0.05) is 9.61 Å². The lowest BCUT2D eigenvalue weighted by molar-refractivity contribution is 0.355. The molecule has 0 aromatic heterocycles. The first-order valence-corrected chi connectivity index (χ1v) is 7.76. The Kier molecular flexibility index (Phi) is 4.86. The quantitative estimate of drug-likeness (QED) is 0.819. The third kappa shape index (κ3) is 3.44. The van der Waals surface area contributed by atoms with Gasteiger partial charge in [-0.3, -0.25) is 0 Å². The minimum Gasteiger partial charge on any atom is -0.314 e. The van der Waals surface area contributed by atoms with Crippen LogP contribution in [0, 0.1) is 15.4 Å². The third-order valence-corrected chi connectivity index (χ3v) is 4.82. The summed E-state index contributed by atoms with van der Waals surface area (Å²) in [6.07, 6.45) is 3.98. The fourth-order valence-corrected chi connectivity index (χ4v) is 3.37. The Morgan fingerprint density at radius 2 is 1.94 bits per heavy atom. The SMILES string of the molecule is CCNC1CCC(Cc2ccc(I)cc2)C1C. The van der Waals surface area contributed by atoms with Crippen molar-refractivity contribution in [1.29, 1.82) is 0 Å². The van der Waals surface area contributed by atoms with E-state index in [1.807, 2.05) is 0 Å². The molecule has 3 unspecified atom stereocenters. The molecule has 1 aromatic carbocycles. The fourth-order valence-electron chi connectivity index (χ4n) is 3.01. The average molecular weight is 343 g/mol. The van der Waals surface area contributed by atoms with Crippen molar-refractivity contribution < 1.29 is 0 Å². The van der Waals surface area contributed by atoms with E-state index >= 15 is 0 Å². The Morgan fingerprint density at radius 1 is 1.24 bits per heavy atom. The number of halogens is 1. The van der Waals surface area contributed by atoms with Gasteiger partial charge in [0.05, 0.1) is 0 Å². The van der Waals surface area contributed by atoms with Crippen molar-refractivity contribution in [1.82, 2.24) is 5.32 Å². The maximum atomic E-state index is 3.62. The molecule has 0 aliphatic heterocycles. The summed E-state index contributed by atoms with van der Waals surface area (Å²) in [6.45, 7) is 5.72. The van der Waals surface area contributed by atoms with Crippen LogP contribution in [0.2, 0.25) is 0 Å². The van der Waals surface area contributed by atoms with Gasteiger partial charge in [0.1, 0.15) is 0 Å². The minimum atomic E-state index is 0.744. The molecule has 2 rings (SSSR count). The van der Waals surface area contributed by atoms with Crippen molar-refractivity contribution in [3.63, 3.8) is 0 Å². The van der Waals surface area contributed by atoms with E-state index in [4.69, 9.17) is 0 Å². The monoisotopic (exact) mass is 343 g/mol. The molecule has 1 nitrogen and oxygen atoms in total. The van der Waals surface area contributed by atoms with Crippen molar-refractivity contribution in [3.8, 4) is 0 Å². The molecule has 1 aliphatic rings. The highest BCUT2D eigenvalue weighted by Crippen LogP contribution is 2.34. The minimum absolute atomic E-state index is 0.744. The van der Waals surface area contributed by atoms with E-state index in [-0.39, 0.29) is 0 Å². The van der Waals surface area contributed by atoms with Gasteiger partial charge >= 0.3 is 0 Å². The number of benzene rings is 1. The molecule has 1 aromatic rings. The molecule has 0 heterocycles. The highest BCUT2D eigenvalue weighted by molar-refractivity contribution is 14.1. The number of hydrogen-bond donors (Lipinski definition) is 1. The Balaban J connectivity index is 1.94. The average Bonchev–Trinajstić information content (AvgIpc) is 2.65. The normalized spacial score (nSPS) is 28.5. The molecule has 1 N–H and O–H groups in total. The number of hydrogen-bond acceptors (Lipinski definition) is 1. The van der Waals surface area contributed by atoms with E-state index in [1.165, 1.54) is 28.4 Å². The molecule has 94 valence electrons. The molecule has 0 saturated heterocycles. The zero-order valence-corrected chi connectivity index (χ0v) is 12.9. The fraction of sp³-hybridized carbons (Fsp3) is 0.600. The summed E-state index contributed by atoms with van der Waals surface area (Å²) in [5.41, 5.74) is 1.50. The first-order chi connectivity index (χ1) is 8.20. The summed E-state index contributed by atoms with van der Waals surface area (Å²) in [4.78, 5) is 0. The molecule has 0 bridgehead atoms. The van der Waals surface area contributed by atoms with Gasteiger partial charge in [-0.2, -0.15) is 0 Å². The van der Waals surface area contributed by atoms with Crippen molar-refractivity contribution in [2.24, 2.45) is 11.8 Å². The van der Waals surface area contributed by atoms with E-state index in [2.05, 4.69) is 66.0 Å². The van der Waals surface area contributed by atoms with E-state index in [0.717, 1.165) is 24.4 Å². The second-order valence-electron chi connectivity index (χ2n) is 5.19. The second-order valence-corrected chi connectivity index (χ2v) is 6.44. The van der Waals surface area contributed by atoms with E-state index < -0.39 is 0 Å². The number of nitrogens with one attached hydrogen (secondary N) is 1. The van der Waals surface area contributed by atoms with E-state index in [9.17, 15) is 0 Å². The summed E-state index contributed by atoms with van der Waals surface area (Å²) in [5.74, 6) is 1.67. The zero-order valence-electron chi connectivity index (χ0n) is 10.7. The van der Waals surface area contributed by atoms with Crippen LogP contribution in [0.1, 0.15) is 32.3 Å². The Morgan fingerprint density at radius 3 is 2.59 bits per heavy atom. The van der Waals surface area contributed by atoms with Gasteiger partial charge in [-0.25, -0.2) is 0 Å². The highest BCUT2D eigenvalue weighted by Gasteiger charge is 2.31. The van der Waals surface area contributed by atoms with Crippen LogP contribution < -0.4 is 5.32 Å². The number of rotatable bonds is 4. The molecule has 0 spiro atoms. The van der Waals surface area contributed by atoms with Crippen molar-refractivity contribution in [2.45, 2.75) is 39.2 Å². The summed E-state index contributed by atoms with van der Waals surface area (Å²) in [5, 5.41) is 3.62. The largest absolute Gasteiger partial charge is 0.314 e. The Labute approximate surface area is 119 Å². The molecule has 1 saturated carbocycles. The molecular weight excluding hydrogens is 321 g/mol. The van der Waals surface area contributed by atoms with Crippen molar-refractivity contribution in [3.05, 3.63) is 33.4 Å². The van der Waals surface area contributed by atoms with Gasteiger partial charge < -0.3 is 5.32 Å². The van der Waals surface area contributed by atoms with Crippen LogP contribution in [0.3, 0.4) is 0 Å². The second kappa shape index (κ2) is 6.19. The zero-order chi connectivity index (χ0) is 12.3. The third-order valence-electron chi connectivity index (χ3n) is 4.10.